The maximum atomic E-state index is 12.6. The van der Waals surface area contributed by atoms with Crippen LogP contribution in [0.2, 0.25) is 5.02 Å². The molecule has 3 aromatic rings. The lowest BCUT2D eigenvalue weighted by atomic mass is 10.2. The molecule has 0 bridgehead atoms. The predicted octanol–water partition coefficient (Wildman–Crippen LogP) is 2.80. The molecule has 0 fully saturated rings. The molecule has 0 spiro atoms. The van der Waals surface area contributed by atoms with E-state index in [9.17, 15) is 19.7 Å². The Morgan fingerprint density at radius 1 is 1.29 bits per heavy atom. The third-order valence-corrected chi connectivity index (χ3v) is 4.10. The minimum atomic E-state index is -0.636. The lowest BCUT2D eigenvalue weighted by Gasteiger charge is -2.01. The molecule has 0 saturated carbocycles. The second kappa shape index (κ2) is 7.89. The summed E-state index contributed by atoms with van der Waals surface area (Å²) in [6.07, 6.45) is 1.21. The van der Waals surface area contributed by atoms with Crippen molar-refractivity contribution in [2.24, 2.45) is 5.10 Å². The van der Waals surface area contributed by atoms with E-state index in [2.05, 4.69) is 15.6 Å². The molecule has 0 aliphatic carbocycles. The van der Waals surface area contributed by atoms with Crippen molar-refractivity contribution >= 4 is 29.4 Å². The molecule has 1 heterocycles. The molecule has 9 nitrogen and oxygen atoms in total. The second-order valence-electron chi connectivity index (χ2n) is 5.78. The molecule has 2 N–H and O–H groups in total. The number of benzene rings is 2. The molecule has 0 aliphatic rings. The van der Waals surface area contributed by atoms with Gasteiger partial charge in [0.25, 0.3) is 17.2 Å². The van der Waals surface area contributed by atoms with E-state index in [1.165, 1.54) is 29.1 Å². The third-order valence-electron chi connectivity index (χ3n) is 3.86. The Bertz CT molecular complexity index is 1150. The van der Waals surface area contributed by atoms with Gasteiger partial charge < -0.3 is 0 Å². The minimum absolute atomic E-state index is 0.0773. The number of rotatable bonds is 5. The van der Waals surface area contributed by atoms with Crippen LogP contribution in [0, 0.1) is 17.0 Å². The van der Waals surface area contributed by atoms with Crippen molar-refractivity contribution in [1.82, 2.24) is 15.2 Å². The normalized spacial score (nSPS) is 10.9. The van der Waals surface area contributed by atoms with E-state index in [0.29, 0.717) is 16.4 Å². The molecule has 0 atom stereocenters. The number of nitro groups is 1. The van der Waals surface area contributed by atoms with E-state index < -0.39 is 10.8 Å². The van der Waals surface area contributed by atoms with Gasteiger partial charge in [-0.15, -0.1) is 0 Å². The number of hydrogen-bond acceptors (Lipinski definition) is 5. The number of nitro benzene ring substituents is 1. The zero-order valence-electron chi connectivity index (χ0n) is 14.5. The smallest absolute Gasteiger partial charge is 0.280 e. The van der Waals surface area contributed by atoms with E-state index >= 15 is 0 Å². The number of H-pyrrole nitrogens is 1. The summed E-state index contributed by atoms with van der Waals surface area (Å²) in [6, 6.07) is 12.0. The Hall–Kier alpha value is -3.72. The number of aromatic nitrogens is 2. The Kier molecular flexibility index (Phi) is 5.37. The largest absolute Gasteiger partial charge is 0.295 e. The first-order valence-electron chi connectivity index (χ1n) is 8.02. The van der Waals surface area contributed by atoms with Gasteiger partial charge in [-0.1, -0.05) is 23.7 Å². The Morgan fingerprint density at radius 3 is 2.75 bits per heavy atom. The number of carbonyl (C=O) groups is 1. The molecule has 3 rings (SSSR count). The van der Waals surface area contributed by atoms with Crippen LogP contribution in [0.1, 0.15) is 21.6 Å². The van der Waals surface area contributed by atoms with Crippen LogP contribution in [0.3, 0.4) is 0 Å². The fraction of sp³-hybridized carbons (Fsp3) is 0.0556. The van der Waals surface area contributed by atoms with Gasteiger partial charge in [-0.25, -0.2) is 10.1 Å². The van der Waals surface area contributed by atoms with Crippen LogP contribution < -0.4 is 11.0 Å². The lowest BCUT2D eigenvalue weighted by molar-refractivity contribution is -0.384. The molecule has 0 aliphatic heterocycles. The molecule has 0 saturated heterocycles. The topological polar surface area (TPSA) is 122 Å². The maximum absolute atomic E-state index is 12.6. The standard InChI is InChI=1S/C18H14ClN5O4/c1-11-16(18(26)23(22-11)14-6-3-5-13(19)9-14)10-20-21-17(25)12-4-2-7-15(8-12)24(27)28/h2-10,22H,1H3,(H,21,25)/b20-10+. The highest BCUT2D eigenvalue weighted by Gasteiger charge is 2.13. The highest BCUT2D eigenvalue weighted by Crippen LogP contribution is 2.14. The van der Waals surface area contributed by atoms with Crippen molar-refractivity contribution in [2.75, 3.05) is 0 Å². The van der Waals surface area contributed by atoms with Gasteiger partial charge in [0.1, 0.15) is 0 Å². The van der Waals surface area contributed by atoms with Gasteiger partial charge in [0.2, 0.25) is 0 Å². The average Bonchev–Trinajstić information content (AvgIpc) is 2.96. The Balaban J connectivity index is 1.80. The zero-order valence-corrected chi connectivity index (χ0v) is 15.3. The Morgan fingerprint density at radius 2 is 2.04 bits per heavy atom. The van der Waals surface area contributed by atoms with Crippen molar-refractivity contribution in [2.45, 2.75) is 6.92 Å². The highest BCUT2D eigenvalue weighted by molar-refractivity contribution is 6.30. The minimum Gasteiger partial charge on any atom is -0.295 e. The number of amides is 1. The molecular formula is C18H14ClN5O4. The van der Waals surface area contributed by atoms with Crippen LogP contribution in [-0.4, -0.2) is 26.8 Å². The molecule has 28 heavy (non-hydrogen) atoms. The molecule has 142 valence electrons. The summed E-state index contributed by atoms with van der Waals surface area (Å²) in [5, 5.41) is 18.0. The van der Waals surface area contributed by atoms with E-state index in [0.717, 1.165) is 6.07 Å². The van der Waals surface area contributed by atoms with E-state index in [1.807, 2.05) is 0 Å². The molecular weight excluding hydrogens is 386 g/mol. The number of aromatic amines is 1. The summed E-state index contributed by atoms with van der Waals surface area (Å²) in [5.41, 5.74) is 3.10. The maximum Gasteiger partial charge on any atom is 0.280 e. The van der Waals surface area contributed by atoms with Crippen LogP contribution in [0.5, 0.6) is 0 Å². The lowest BCUT2D eigenvalue weighted by Crippen LogP contribution is -2.20. The molecule has 2 aromatic carbocycles. The zero-order chi connectivity index (χ0) is 20.3. The first kappa shape index (κ1) is 19.1. The van der Waals surface area contributed by atoms with Crippen molar-refractivity contribution in [3.8, 4) is 5.69 Å². The highest BCUT2D eigenvalue weighted by atomic mass is 35.5. The summed E-state index contributed by atoms with van der Waals surface area (Å²) < 4.78 is 1.31. The third kappa shape index (κ3) is 3.99. The van der Waals surface area contributed by atoms with Gasteiger partial charge in [-0.3, -0.25) is 24.8 Å². The summed E-state index contributed by atoms with van der Waals surface area (Å²) in [5.74, 6) is -0.636. The van der Waals surface area contributed by atoms with Gasteiger partial charge in [-0.2, -0.15) is 5.10 Å². The first-order chi connectivity index (χ1) is 13.4. The number of nitrogens with zero attached hydrogens (tertiary/aromatic N) is 3. The molecule has 1 aromatic heterocycles. The van der Waals surface area contributed by atoms with Gasteiger partial charge in [0.15, 0.2) is 0 Å². The Labute approximate surface area is 163 Å². The van der Waals surface area contributed by atoms with Gasteiger partial charge in [0.05, 0.1) is 22.4 Å². The summed E-state index contributed by atoms with van der Waals surface area (Å²) in [6.45, 7) is 1.69. The fourth-order valence-electron chi connectivity index (χ4n) is 2.49. The number of non-ortho nitro benzene ring substituents is 1. The summed E-state index contributed by atoms with van der Waals surface area (Å²) >= 11 is 5.96. The van der Waals surface area contributed by atoms with Gasteiger partial charge in [0, 0.05) is 28.4 Å². The van der Waals surface area contributed by atoms with Crippen molar-refractivity contribution < 1.29 is 9.72 Å². The van der Waals surface area contributed by atoms with E-state index in [4.69, 9.17) is 11.6 Å². The quantitative estimate of drug-likeness (QED) is 0.389. The van der Waals surface area contributed by atoms with Crippen molar-refractivity contribution in [3.63, 3.8) is 0 Å². The predicted molar refractivity (Wildman–Crippen MR) is 104 cm³/mol. The number of nitrogens with one attached hydrogen (secondary N) is 2. The SMILES string of the molecule is Cc1[nH]n(-c2cccc(Cl)c2)c(=O)c1/C=N/NC(=O)c1cccc([N+](=O)[O-])c1. The monoisotopic (exact) mass is 399 g/mol. The van der Waals surface area contributed by atoms with Crippen LogP contribution in [-0.2, 0) is 0 Å². The molecule has 0 radical (unpaired) electrons. The van der Waals surface area contributed by atoms with Crippen LogP contribution in [0.15, 0.2) is 58.4 Å². The number of carbonyl (C=O) groups excluding carboxylic acids is 1. The second-order valence-corrected chi connectivity index (χ2v) is 6.21. The van der Waals surface area contributed by atoms with Gasteiger partial charge in [-0.05, 0) is 31.2 Å². The van der Waals surface area contributed by atoms with E-state index in [1.54, 1.807) is 31.2 Å². The van der Waals surface area contributed by atoms with Crippen LogP contribution in [0.4, 0.5) is 5.69 Å². The van der Waals surface area contributed by atoms with Crippen molar-refractivity contribution in [1.29, 1.82) is 0 Å². The van der Waals surface area contributed by atoms with E-state index in [-0.39, 0.29) is 22.4 Å². The number of aryl methyl sites for hydroxylation is 1. The summed E-state index contributed by atoms with van der Waals surface area (Å²) in [7, 11) is 0. The number of halogens is 1. The molecule has 1 amide bonds. The van der Waals surface area contributed by atoms with Crippen LogP contribution in [0.25, 0.3) is 5.69 Å². The first-order valence-corrected chi connectivity index (χ1v) is 8.40. The molecule has 10 heteroatoms. The summed E-state index contributed by atoms with van der Waals surface area (Å²) in [4.78, 5) is 34.9. The van der Waals surface area contributed by atoms with Crippen LogP contribution >= 0.6 is 11.6 Å². The fourth-order valence-corrected chi connectivity index (χ4v) is 2.67. The number of hydrazone groups is 1. The van der Waals surface area contributed by atoms with Crippen molar-refractivity contribution in [3.05, 3.63) is 90.8 Å². The molecule has 0 unspecified atom stereocenters. The number of hydrogen-bond donors (Lipinski definition) is 2. The van der Waals surface area contributed by atoms with Gasteiger partial charge >= 0.3 is 0 Å². The average molecular weight is 400 g/mol.